The van der Waals surface area contributed by atoms with E-state index in [1.54, 1.807) is 19.9 Å². The number of hydrogen-bond donors (Lipinski definition) is 2. The number of carbonyl (C=O) groups excluding carboxylic acids is 1. The van der Waals surface area contributed by atoms with Crippen molar-refractivity contribution in [3.8, 4) is 6.07 Å². The quantitative estimate of drug-likeness (QED) is 0.409. The van der Waals surface area contributed by atoms with Crippen LogP contribution < -0.4 is 5.32 Å². The van der Waals surface area contributed by atoms with E-state index in [0.29, 0.717) is 18.1 Å². The first-order valence-corrected chi connectivity index (χ1v) is 10.2. The summed E-state index contributed by atoms with van der Waals surface area (Å²) in [4.78, 5) is 19.1. The molecule has 2 heterocycles. The molecule has 0 radical (unpaired) electrons. The van der Waals surface area contributed by atoms with Crippen LogP contribution in [-0.2, 0) is 4.74 Å². The Kier molecular flexibility index (Phi) is 7.15. The summed E-state index contributed by atoms with van der Waals surface area (Å²) in [6.45, 7) is 5.83. The lowest BCUT2D eigenvalue weighted by molar-refractivity contribution is 0.0519. The SMILES string of the molecule is CCOC(=O)c1cc(C2CCN(CC#N)CC2)c(C(C)=N)c(Nc2ccccc2)n1. The Bertz CT molecular complexity index is 944. The first-order chi connectivity index (χ1) is 14.5. The van der Waals surface area contributed by atoms with Crippen molar-refractivity contribution in [1.82, 2.24) is 9.88 Å². The van der Waals surface area contributed by atoms with E-state index in [9.17, 15) is 4.79 Å². The minimum Gasteiger partial charge on any atom is -0.461 e. The molecule has 0 unspecified atom stereocenters. The summed E-state index contributed by atoms with van der Waals surface area (Å²) < 4.78 is 5.20. The fourth-order valence-electron chi connectivity index (χ4n) is 3.84. The fraction of sp³-hybridized carbons (Fsp3) is 0.391. The van der Waals surface area contributed by atoms with Crippen LogP contribution in [0.4, 0.5) is 11.5 Å². The normalized spacial score (nSPS) is 14.7. The predicted molar refractivity (Wildman–Crippen MR) is 116 cm³/mol. The zero-order chi connectivity index (χ0) is 21.5. The van der Waals surface area contributed by atoms with Crippen molar-refractivity contribution in [3.05, 3.63) is 53.2 Å². The van der Waals surface area contributed by atoms with E-state index in [-0.39, 0.29) is 18.2 Å². The van der Waals surface area contributed by atoms with Crippen LogP contribution in [0.5, 0.6) is 0 Å². The third-order valence-electron chi connectivity index (χ3n) is 5.27. The van der Waals surface area contributed by atoms with Crippen LogP contribution in [0.2, 0.25) is 0 Å². The van der Waals surface area contributed by atoms with Gasteiger partial charge in [0.25, 0.3) is 0 Å². The first kappa shape index (κ1) is 21.5. The molecule has 0 atom stereocenters. The number of nitriles is 1. The molecule has 0 aliphatic carbocycles. The van der Waals surface area contributed by atoms with Gasteiger partial charge in [-0.15, -0.1) is 0 Å². The van der Waals surface area contributed by atoms with E-state index >= 15 is 0 Å². The van der Waals surface area contributed by atoms with Gasteiger partial charge in [-0.05, 0) is 69.5 Å². The molecular formula is C23H27N5O2. The lowest BCUT2D eigenvalue weighted by Crippen LogP contribution is -2.33. The molecule has 0 spiro atoms. The second-order valence-corrected chi connectivity index (χ2v) is 7.37. The molecule has 156 valence electrons. The number of anilines is 2. The number of aromatic nitrogens is 1. The summed E-state index contributed by atoms with van der Waals surface area (Å²) in [5, 5.41) is 20.7. The summed E-state index contributed by atoms with van der Waals surface area (Å²) in [6.07, 6.45) is 1.72. The Hall–Kier alpha value is -3.24. The largest absolute Gasteiger partial charge is 0.461 e. The minimum absolute atomic E-state index is 0.183. The number of piperidine rings is 1. The van der Waals surface area contributed by atoms with Gasteiger partial charge in [-0.3, -0.25) is 4.90 Å². The topological polar surface area (TPSA) is 102 Å². The average molecular weight is 406 g/mol. The Morgan fingerprint density at radius 2 is 2.03 bits per heavy atom. The average Bonchev–Trinajstić information content (AvgIpc) is 2.74. The molecule has 1 fully saturated rings. The fourth-order valence-corrected chi connectivity index (χ4v) is 3.84. The van der Waals surface area contributed by atoms with Crippen LogP contribution in [0.3, 0.4) is 0 Å². The van der Waals surface area contributed by atoms with Crippen molar-refractivity contribution in [2.24, 2.45) is 0 Å². The van der Waals surface area contributed by atoms with E-state index in [2.05, 4.69) is 21.3 Å². The highest BCUT2D eigenvalue weighted by atomic mass is 16.5. The Balaban J connectivity index is 2.03. The van der Waals surface area contributed by atoms with Crippen molar-refractivity contribution >= 4 is 23.2 Å². The number of nitrogens with zero attached hydrogens (tertiary/aromatic N) is 3. The predicted octanol–water partition coefficient (Wildman–Crippen LogP) is 4.09. The van der Waals surface area contributed by atoms with Gasteiger partial charge in [-0.2, -0.15) is 5.26 Å². The van der Waals surface area contributed by atoms with Crippen molar-refractivity contribution in [3.63, 3.8) is 0 Å². The van der Waals surface area contributed by atoms with Gasteiger partial charge in [0.2, 0.25) is 0 Å². The number of esters is 1. The van der Waals surface area contributed by atoms with Gasteiger partial charge in [0, 0.05) is 17.0 Å². The molecule has 0 saturated carbocycles. The molecule has 0 bridgehead atoms. The number of carbonyl (C=O) groups is 1. The molecule has 7 nitrogen and oxygen atoms in total. The number of rotatable bonds is 7. The summed E-state index contributed by atoms with van der Waals surface area (Å²) in [6, 6.07) is 13.6. The van der Waals surface area contributed by atoms with Crippen LogP contribution in [0.15, 0.2) is 36.4 Å². The lowest BCUT2D eigenvalue weighted by Gasteiger charge is -2.32. The monoisotopic (exact) mass is 405 g/mol. The van der Waals surface area contributed by atoms with E-state index < -0.39 is 5.97 Å². The number of para-hydroxylation sites is 1. The van der Waals surface area contributed by atoms with Crippen LogP contribution in [0, 0.1) is 16.7 Å². The van der Waals surface area contributed by atoms with Gasteiger partial charge in [0.05, 0.1) is 19.2 Å². The van der Waals surface area contributed by atoms with Gasteiger partial charge in [0.15, 0.2) is 5.69 Å². The minimum atomic E-state index is -0.467. The molecule has 3 rings (SSSR count). The molecule has 1 saturated heterocycles. The van der Waals surface area contributed by atoms with E-state index in [4.69, 9.17) is 15.4 Å². The number of ether oxygens (including phenoxy) is 1. The number of nitrogens with one attached hydrogen (secondary N) is 2. The van der Waals surface area contributed by atoms with E-state index in [1.165, 1.54) is 0 Å². The van der Waals surface area contributed by atoms with Crippen LogP contribution in [-0.4, -0.2) is 47.8 Å². The first-order valence-electron chi connectivity index (χ1n) is 10.2. The van der Waals surface area contributed by atoms with E-state index in [0.717, 1.165) is 42.7 Å². The number of benzene rings is 1. The number of hydrogen-bond acceptors (Lipinski definition) is 7. The molecule has 1 aromatic heterocycles. The van der Waals surface area contributed by atoms with Crippen LogP contribution in [0.25, 0.3) is 0 Å². The number of pyridine rings is 1. The lowest BCUT2D eigenvalue weighted by atomic mass is 9.85. The maximum Gasteiger partial charge on any atom is 0.357 e. The zero-order valence-corrected chi connectivity index (χ0v) is 17.4. The summed E-state index contributed by atoms with van der Waals surface area (Å²) >= 11 is 0. The van der Waals surface area contributed by atoms with Gasteiger partial charge in [-0.25, -0.2) is 9.78 Å². The molecule has 2 aromatic rings. The molecule has 1 aliphatic heterocycles. The zero-order valence-electron chi connectivity index (χ0n) is 17.4. The van der Waals surface area contributed by atoms with Crippen molar-refractivity contribution < 1.29 is 9.53 Å². The Morgan fingerprint density at radius 1 is 1.33 bits per heavy atom. The second-order valence-electron chi connectivity index (χ2n) is 7.37. The standard InChI is InChI=1S/C23H27N5O2/c1-3-30-23(29)20-15-19(17-9-12-28(13-10-17)14-11-24)21(16(2)25)22(27-20)26-18-7-5-4-6-8-18/h4-8,15,17,25H,3,9-10,12-14H2,1-2H3,(H,26,27). The van der Waals surface area contributed by atoms with E-state index in [1.807, 2.05) is 30.3 Å². The maximum atomic E-state index is 12.5. The van der Waals surface area contributed by atoms with Gasteiger partial charge >= 0.3 is 5.97 Å². The highest BCUT2D eigenvalue weighted by molar-refractivity contribution is 6.04. The smallest absolute Gasteiger partial charge is 0.357 e. The van der Waals surface area contributed by atoms with Crippen molar-refractivity contribution in [2.75, 3.05) is 31.6 Å². The molecule has 1 aromatic carbocycles. The molecular weight excluding hydrogens is 378 g/mol. The molecule has 30 heavy (non-hydrogen) atoms. The summed E-state index contributed by atoms with van der Waals surface area (Å²) in [5.41, 5.74) is 3.14. The third-order valence-corrected chi connectivity index (χ3v) is 5.27. The van der Waals surface area contributed by atoms with Crippen molar-refractivity contribution in [1.29, 1.82) is 10.7 Å². The highest BCUT2D eigenvalue weighted by Crippen LogP contribution is 2.35. The van der Waals surface area contributed by atoms with Crippen LogP contribution in [0.1, 0.15) is 54.2 Å². The van der Waals surface area contributed by atoms with Crippen molar-refractivity contribution in [2.45, 2.75) is 32.6 Å². The Morgan fingerprint density at radius 3 is 2.63 bits per heavy atom. The maximum absolute atomic E-state index is 12.5. The molecule has 2 N–H and O–H groups in total. The summed E-state index contributed by atoms with van der Waals surface area (Å²) in [7, 11) is 0. The van der Waals surface area contributed by atoms with Crippen LogP contribution >= 0.6 is 0 Å². The molecule has 7 heteroatoms. The Labute approximate surface area is 177 Å². The number of likely N-dealkylation sites (tertiary alicyclic amines) is 1. The highest BCUT2D eigenvalue weighted by Gasteiger charge is 2.27. The van der Waals surface area contributed by atoms with Gasteiger partial charge < -0.3 is 15.5 Å². The van der Waals surface area contributed by atoms with Gasteiger partial charge in [0.1, 0.15) is 5.82 Å². The van der Waals surface area contributed by atoms with Gasteiger partial charge in [-0.1, -0.05) is 18.2 Å². The second kappa shape index (κ2) is 9.99. The molecule has 0 amide bonds. The molecule has 1 aliphatic rings. The summed E-state index contributed by atoms with van der Waals surface area (Å²) in [5.74, 6) is 0.211. The third kappa shape index (κ3) is 5.02.